The van der Waals surface area contributed by atoms with Crippen molar-refractivity contribution in [3.05, 3.63) is 604 Å². The Labute approximate surface area is 828 Å². The van der Waals surface area contributed by atoms with Crippen molar-refractivity contribution < 1.29 is 0 Å². The molecule has 6 aliphatic carbocycles. The Bertz CT molecular complexity index is 9670. The first-order valence-corrected chi connectivity index (χ1v) is 50.2. The van der Waals surface area contributed by atoms with Crippen LogP contribution in [0.5, 0.6) is 0 Å². The van der Waals surface area contributed by atoms with E-state index in [2.05, 4.69) is 517 Å². The molecule has 4 spiro atoms. The molecule has 2 aromatic heterocycles. The van der Waals surface area contributed by atoms with Gasteiger partial charge in [-0.15, -0.1) is 0 Å². The molecule has 8 aliphatic rings. The maximum absolute atomic E-state index is 4.33. The molecule has 1 unspecified atom stereocenters. The second-order valence-corrected chi connectivity index (χ2v) is 40.1. The van der Waals surface area contributed by atoms with Gasteiger partial charge in [-0.05, 0) is 286 Å². The highest BCUT2D eigenvalue weighted by molar-refractivity contribution is 6.18. The molecule has 0 bridgehead atoms. The number of benzene rings is 22. The molecular weight excluding hydrogens is 1730 g/mol. The smallest absolute Gasteiger partial charge is 0.0755 e. The van der Waals surface area contributed by atoms with E-state index in [4.69, 9.17) is 0 Å². The number of aromatic nitrogens is 2. The van der Waals surface area contributed by atoms with Crippen LogP contribution in [0.1, 0.15) is 106 Å². The maximum Gasteiger partial charge on any atom is 0.0755 e. The fourth-order valence-electron chi connectivity index (χ4n) is 28.7. The van der Waals surface area contributed by atoms with Gasteiger partial charge in [0.25, 0.3) is 0 Å². The van der Waals surface area contributed by atoms with Gasteiger partial charge >= 0.3 is 0 Å². The van der Waals surface area contributed by atoms with Crippen molar-refractivity contribution >= 4 is 94.6 Å². The van der Waals surface area contributed by atoms with E-state index in [1.54, 1.807) is 0 Å². The molecular formula is C139H86N4. The van der Waals surface area contributed by atoms with Gasteiger partial charge in [0.05, 0.1) is 60.8 Å². The van der Waals surface area contributed by atoms with Crippen LogP contribution in [0.25, 0.3) is 150 Å². The van der Waals surface area contributed by atoms with Crippen molar-refractivity contribution in [3.8, 4) is 89.3 Å². The number of para-hydroxylation sites is 4. The normalized spacial score (nSPS) is 15.1. The Hall–Kier alpha value is -18.2. The topological polar surface area (TPSA) is 16.3 Å². The minimum absolute atomic E-state index is 0.559. The molecule has 0 saturated carbocycles. The Morgan fingerprint density at radius 1 is 0.224 bits per heavy atom. The molecule has 0 saturated heterocycles. The number of anilines is 6. The van der Waals surface area contributed by atoms with E-state index in [9.17, 15) is 0 Å². The summed E-state index contributed by atoms with van der Waals surface area (Å²) < 4.78 is 5.17. The van der Waals surface area contributed by atoms with E-state index in [1.807, 2.05) is 6.08 Å². The van der Waals surface area contributed by atoms with Gasteiger partial charge in [0, 0.05) is 55.4 Å². The van der Waals surface area contributed by atoms with Crippen LogP contribution in [0.3, 0.4) is 0 Å². The van der Waals surface area contributed by atoms with Crippen LogP contribution < -0.4 is 9.80 Å². The molecule has 4 heterocycles. The number of allylic oxidation sites excluding steroid dienone is 2. The molecule has 24 aromatic rings. The van der Waals surface area contributed by atoms with Crippen LogP contribution >= 0.6 is 0 Å². The first-order chi connectivity index (χ1) is 70.9. The van der Waals surface area contributed by atoms with Gasteiger partial charge in [-0.25, -0.2) is 0 Å². The SMILES string of the molecule is C=C/C=C\c1c(Cc2ccc3c(c2)-c2ccccc2C32c3ccccc3-n3c4ccccc4c4cc(N(c5ccc6c(c5)C5(c7ccccc7-c7ccccc75)c5ccccc5-6)c5cccc6ccccc56)cc2c43)cccc1-c1ccc(N(c2ccc3c(c2)C2(c4ccccc4-c4ccccc42)c2ccccc2-3)c2cc3c4c(c2)c2ccccc2n4-c2ccccc2C32c3ccccc3-c3ccccc32)cc1. The highest BCUT2D eigenvalue weighted by atomic mass is 15.2. The lowest BCUT2D eigenvalue weighted by molar-refractivity contribution is 0.748. The van der Waals surface area contributed by atoms with E-state index >= 15 is 0 Å². The van der Waals surface area contributed by atoms with E-state index in [1.165, 1.54) is 233 Å². The predicted molar refractivity (Wildman–Crippen MR) is 590 cm³/mol. The molecule has 0 amide bonds. The molecule has 4 heteroatoms. The van der Waals surface area contributed by atoms with Crippen LogP contribution in [-0.4, -0.2) is 9.13 Å². The molecule has 0 N–H and O–H groups in total. The van der Waals surface area contributed by atoms with Crippen molar-refractivity contribution in [2.45, 2.75) is 28.1 Å². The third-order valence-corrected chi connectivity index (χ3v) is 33.9. The zero-order chi connectivity index (χ0) is 93.4. The lowest BCUT2D eigenvalue weighted by atomic mass is 9.65. The third kappa shape index (κ3) is 9.98. The highest BCUT2D eigenvalue weighted by Crippen LogP contribution is 2.70. The number of nitrogens with zero attached hydrogens (tertiary/aromatic N) is 4. The van der Waals surface area contributed by atoms with Crippen molar-refractivity contribution in [1.29, 1.82) is 0 Å². The maximum atomic E-state index is 4.33. The summed E-state index contributed by atoms with van der Waals surface area (Å²) in [6, 6.07) is 185. The van der Waals surface area contributed by atoms with Crippen LogP contribution in [0.2, 0.25) is 0 Å². The van der Waals surface area contributed by atoms with Gasteiger partial charge in [0.1, 0.15) is 0 Å². The fourth-order valence-corrected chi connectivity index (χ4v) is 28.7. The largest absolute Gasteiger partial charge is 0.310 e. The Morgan fingerprint density at radius 2 is 0.559 bits per heavy atom. The first kappa shape index (κ1) is 78.8. The molecule has 0 fully saturated rings. The number of hydrogen-bond donors (Lipinski definition) is 0. The summed E-state index contributed by atoms with van der Waals surface area (Å²) >= 11 is 0. The van der Waals surface area contributed by atoms with Crippen molar-refractivity contribution in [2.24, 2.45) is 0 Å². The second kappa shape index (κ2) is 29.0. The van der Waals surface area contributed by atoms with Gasteiger partial charge in [-0.3, -0.25) is 0 Å². The molecule has 4 nitrogen and oxygen atoms in total. The highest BCUT2D eigenvalue weighted by Gasteiger charge is 2.57. The minimum Gasteiger partial charge on any atom is -0.310 e. The average molecular weight is 1810 g/mol. The zero-order valence-electron chi connectivity index (χ0n) is 78.0. The first-order valence-electron chi connectivity index (χ1n) is 50.2. The summed E-state index contributed by atoms with van der Waals surface area (Å²) in [7, 11) is 0. The molecule has 22 aromatic carbocycles. The zero-order valence-corrected chi connectivity index (χ0v) is 78.0. The number of fused-ring (bicyclic) bond motifs is 45. The van der Waals surface area contributed by atoms with E-state index in [-0.39, 0.29) is 0 Å². The number of rotatable bonds is 11. The van der Waals surface area contributed by atoms with Crippen molar-refractivity contribution in [3.63, 3.8) is 0 Å². The third-order valence-electron chi connectivity index (χ3n) is 33.9. The predicted octanol–water partition coefficient (Wildman–Crippen LogP) is 34.5. The van der Waals surface area contributed by atoms with Crippen LogP contribution in [0.4, 0.5) is 34.1 Å². The standard InChI is InChI=1S/C139H86N4/c1-2-3-37-95-88(36-32-50-94(95)87-68-70-89(71-69-87)140(90-72-74-106-103-45-12-21-55-117(103)136(125(106)81-90)113-51-17-6-39-97(113)98-40-7-18-52-114(98)136)92-79-111-108-48-15-28-62-130(108)142-132-64-30-26-60-123(132)138(127(83-92)134(111)142)119-57-23-10-43-101(119)102-44-11-24-58-120(102)138)77-85-67-76-122-110(78-85)105-47-14-25-59-121(105)139(122)124-61-27-31-65-133(124)143-131-63-29-16-49-109(131)112-80-93(84-128(139)135(112)143)141(129-66-33-35-86-34-4-5-38-96(86)129)91-73-75-107-104-46-13-22-56-118(104)137(126(107)82-91)115-53-19-8-41-99(115)100-42-9-20-54-116(100)137/h2-76,78-84H,1,77H2/b37-3-. The quantitative estimate of drug-likeness (QED) is 0.120. The number of hydrogen-bond acceptors (Lipinski definition) is 2. The van der Waals surface area contributed by atoms with Crippen LogP contribution in [0, 0.1) is 0 Å². The molecule has 2 aliphatic heterocycles. The molecule has 32 rings (SSSR count). The molecule has 143 heavy (non-hydrogen) atoms. The monoisotopic (exact) mass is 1810 g/mol. The molecule has 0 radical (unpaired) electrons. The lowest BCUT2D eigenvalue weighted by Gasteiger charge is -2.40. The van der Waals surface area contributed by atoms with E-state index in [0.717, 1.165) is 50.8 Å². The van der Waals surface area contributed by atoms with E-state index in [0.29, 0.717) is 6.42 Å². The van der Waals surface area contributed by atoms with Gasteiger partial charge in [0.2, 0.25) is 0 Å². The fraction of sp³-hybridized carbons (Fsp3) is 0.0360. The van der Waals surface area contributed by atoms with Crippen molar-refractivity contribution in [2.75, 3.05) is 9.80 Å². The van der Waals surface area contributed by atoms with Crippen LogP contribution in [-0.2, 0) is 28.1 Å². The molecule has 662 valence electrons. The Morgan fingerprint density at radius 3 is 1.01 bits per heavy atom. The Balaban J connectivity index is 0.567. The van der Waals surface area contributed by atoms with Gasteiger partial charge in [0.15, 0.2) is 0 Å². The Kier molecular flexibility index (Phi) is 16.0. The summed E-state index contributed by atoms with van der Waals surface area (Å²) in [6.07, 6.45) is 7.01. The van der Waals surface area contributed by atoms with Gasteiger partial charge in [-0.2, -0.15) is 0 Å². The molecule has 1 atom stereocenters. The second-order valence-electron chi connectivity index (χ2n) is 40.1. The van der Waals surface area contributed by atoms with Gasteiger partial charge in [-0.1, -0.05) is 413 Å². The van der Waals surface area contributed by atoms with Gasteiger partial charge < -0.3 is 18.9 Å². The van der Waals surface area contributed by atoms with Crippen LogP contribution in [0.15, 0.2) is 498 Å². The summed E-state index contributed by atoms with van der Waals surface area (Å²) in [5.41, 5.74) is 52.9. The van der Waals surface area contributed by atoms with E-state index < -0.39 is 21.7 Å². The minimum atomic E-state index is -0.778. The summed E-state index contributed by atoms with van der Waals surface area (Å²) in [5.74, 6) is 0. The lowest BCUT2D eigenvalue weighted by Crippen LogP contribution is -2.33. The summed E-state index contributed by atoms with van der Waals surface area (Å²) in [6.45, 7) is 4.33. The van der Waals surface area contributed by atoms with Crippen molar-refractivity contribution in [1.82, 2.24) is 9.13 Å². The summed E-state index contributed by atoms with van der Waals surface area (Å²) in [5, 5.41) is 7.21. The summed E-state index contributed by atoms with van der Waals surface area (Å²) in [4.78, 5) is 5.20. The average Bonchev–Trinajstić information content (AvgIpc) is 1.52.